The van der Waals surface area contributed by atoms with Crippen LogP contribution in [0.15, 0.2) is 24.3 Å². The summed E-state index contributed by atoms with van der Waals surface area (Å²) in [6.07, 6.45) is 7.34. The molecule has 0 aromatic heterocycles. The number of unbranched alkanes of at least 4 members (excludes halogenated alkanes) is 4. The molecule has 1 saturated heterocycles. The van der Waals surface area contributed by atoms with Crippen molar-refractivity contribution in [3.63, 3.8) is 0 Å². The Morgan fingerprint density at radius 1 is 1.04 bits per heavy atom. The van der Waals surface area contributed by atoms with E-state index in [-0.39, 0.29) is 19.0 Å². The predicted molar refractivity (Wildman–Crippen MR) is 186 cm³/mol. The summed E-state index contributed by atoms with van der Waals surface area (Å²) in [6.45, 7) is 15.1. The number of benzene rings is 1. The Kier molecular flexibility index (Phi) is 18.5. The summed E-state index contributed by atoms with van der Waals surface area (Å²) < 4.78 is 0. The molecule has 1 heterocycles. The van der Waals surface area contributed by atoms with E-state index in [2.05, 4.69) is 22.9 Å². The minimum atomic E-state index is -1.11. The SMILES string of the molecule is CC.CCCCCCCC(C)C(NC(=O)[C@@H]1CCCN1C(=O)CNC(=O)NC(CN(C=O)C(=O)c1ccccc1C)C(C)(C)C)C(=O)O. The van der Waals surface area contributed by atoms with Gasteiger partial charge in [-0.25, -0.2) is 9.59 Å². The first-order valence-corrected chi connectivity index (χ1v) is 17.4. The van der Waals surface area contributed by atoms with Gasteiger partial charge in [-0.3, -0.25) is 24.1 Å². The van der Waals surface area contributed by atoms with Crippen molar-refractivity contribution in [1.29, 1.82) is 0 Å². The highest BCUT2D eigenvalue weighted by Gasteiger charge is 2.37. The summed E-state index contributed by atoms with van der Waals surface area (Å²) in [6, 6.07) is 3.72. The number of carboxylic acids is 1. The summed E-state index contributed by atoms with van der Waals surface area (Å²) in [7, 11) is 0. The molecule has 4 N–H and O–H groups in total. The minimum Gasteiger partial charge on any atom is -0.480 e. The van der Waals surface area contributed by atoms with Crippen LogP contribution >= 0.6 is 0 Å². The van der Waals surface area contributed by atoms with Crippen molar-refractivity contribution in [2.45, 2.75) is 125 Å². The Hall–Kier alpha value is -3.96. The van der Waals surface area contributed by atoms with Gasteiger partial charge in [-0.05, 0) is 49.1 Å². The average molecular weight is 674 g/mol. The van der Waals surface area contributed by atoms with E-state index in [1.165, 1.54) is 4.90 Å². The molecule has 1 fully saturated rings. The third-order valence-electron chi connectivity index (χ3n) is 8.67. The molecule has 0 spiro atoms. The summed E-state index contributed by atoms with van der Waals surface area (Å²) >= 11 is 0. The number of hydrogen-bond acceptors (Lipinski definition) is 6. The van der Waals surface area contributed by atoms with Crippen molar-refractivity contribution in [3.8, 4) is 0 Å². The van der Waals surface area contributed by atoms with Crippen molar-refractivity contribution in [1.82, 2.24) is 25.8 Å². The van der Waals surface area contributed by atoms with E-state index in [0.29, 0.717) is 37.8 Å². The maximum Gasteiger partial charge on any atom is 0.326 e. The van der Waals surface area contributed by atoms with Crippen molar-refractivity contribution in [2.75, 3.05) is 19.6 Å². The quantitative estimate of drug-likeness (QED) is 0.135. The van der Waals surface area contributed by atoms with E-state index >= 15 is 0 Å². The number of aliphatic carboxylic acids is 1. The van der Waals surface area contributed by atoms with E-state index in [1.54, 1.807) is 31.2 Å². The second kappa shape index (κ2) is 21.1. The van der Waals surface area contributed by atoms with Gasteiger partial charge in [0.15, 0.2) is 0 Å². The molecule has 0 bridgehead atoms. The van der Waals surface area contributed by atoms with Crippen LogP contribution in [0.1, 0.15) is 116 Å². The van der Waals surface area contributed by atoms with Gasteiger partial charge in [0.25, 0.3) is 5.91 Å². The number of rotatable bonds is 17. The van der Waals surface area contributed by atoms with Gasteiger partial charge in [0.1, 0.15) is 12.1 Å². The van der Waals surface area contributed by atoms with Gasteiger partial charge >= 0.3 is 12.0 Å². The lowest BCUT2D eigenvalue weighted by Crippen LogP contribution is -2.56. The number of likely N-dealkylation sites (tertiary alicyclic amines) is 1. The first kappa shape index (κ1) is 42.1. The normalized spacial score (nSPS) is 16.0. The third-order valence-corrected chi connectivity index (χ3v) is 8.67. The highest BCUT2D eigenvalue weighted by atomic mass is 16.4. The van der Waals surface area contributed by atoms with Crippen molar-refractivity contribution in [2.24, 2.45) is 11.3 Å². The zero-order valence-corrected chi connectivity index (χ0v) is 30.3. The molecule has 1 aliphatic heterocycles. The molecule has 3 unspecified atom stereocenters. The van der Waals surface area contributed by atoms with Gasteiger partial charge in [-0.15, -0.1) is 0 Å². The summed E-state index contributed by atoms with van der Waals surface area (Å²) in [5, 5.41) is 17.8. The molecule has 2 rings (SSSR count). The first-order chi connectivity index (χ1) is 22.7. The zero-order chi connectivity index (χ0) is 36.4. The number of nitrogens with one attached hydrogen (secondary N) is 3. The number of carbonyl (C=O) groups is 6. The molecule has 270 valence electrons. The van der Waals surface area contributed by atoms with Crippen molar-refractivity contribution < 1.29 is 33.9 Å². The standard InChI is InChI=1S/C34H53N5O7.C2H6/c1-7-8-9-10-11-16-24(3)29(32(44)45)37-30(42)26-18-14-19-39(26)28(41)20-35-33(46)36-27(34(4,5)6)21-38(22-40)31(43)25-17-13-12-15-23(25)2;1-2/h12-13,15,17,22,24,26-27,29H,7-11,14,16,18-21H2,1-6H3,(H,37,42)(H,44,45)(H2,35,36,46);1-2H3/t24?,26-,27?,29?;/m0./s1. The molecule has 12 nitrogen and oxygen atoms in total. The van der Waals surface area contributed by atoms with Gasteiger partial charge in [0.05, 0.1) is 12.6 Å². The number of aryl methyl sites for hydroxylation is 1. The second-order valence-corrected chi connectivity index (χ2v) is 13.4. The summed E-state index contributed by atoms with van der Waals surface area (Å²) in [5.41, 5.74) is 0.545. The molecule has 0 aliphatic carbocycles. The number of amides is 6. The van der Waals surface area contributed by atoms with E-state index in [1.807, 2.05) is 41.5 Å². The molecule has 1 aromatic carbocycles. The lowest BCUT2D eigenvalue weighted by atomic mass is 9.86. The predicted octanol–water partition coefficient (Wildman–Crippen LogP) is 4.89. The lowest BCUT2D eigenvalue weighted by Gasteiger charge is -2.34. The Bertz CT molecular complexity index is 1220. The van der Waals surface area contributed by atoms with Gasteiger partial charge < -0.3 is 26.0 Å². The topological polar surface area (TPSA) is 165 Å². The lowest BCUT2D eigenvalue weighted by molar-refractivity contribution is -0.145. The smallest absolute Gasteiger partial charge is 0.326 e. The van der Waals surface area contributed by atoms with Crippen LogP contribution < -0.4 is 16.0 Å². The monoisotopic (exact) mass is 673 g/mol. The van der Waals surface area contributed by atoms with Gasteiger partial charge in [-0.1, -0.05) is 98.8 Å². The fraction of sp³-hybridized carbons (Fsp3) is 0.667. The number of urea groups is 1. The molecule has 0 radical (unpaired) electrons. The molecule has 1 aromatic rings. The van der Waals surface area contributed by atoms with Crippen LogP contribution in [0.25, 0.3) is 0 Å². The third kappa shape index (κ3) is 13.3. The van der Waals surface area contributed by atoms with Crippen molar-refractivity contribution >= 4 is 36.1 Å². The maximum atomic E-state index is 13.2. The molecule has 4 atom stereocenters. The van der Waals surface area contributed by atoms with E-state index in [0.717, 1.165) is 42.6 Å². The fourth-order valence-electron chi connectivity index (χ4n) is 5.61. The average Bonchev–Trinajstić information content (AvgIpc) is 3.55. The molecule has 0 saturated carbocycles. The summed E-state index contributed by atoms with van der Waals surface area (Å²) in [5.74, 6) is -2.84. The first-order valence-electron chi connectivity index (χ1n) is 17.4. The highest BCUT2D eigenvalue weighted by Crippen LogP contribution is 2.22. The number of imide groups is 1. The Balaban J connectivity index is 0.00000565. The van der Waals surface area contributed by atoms with Crippen LogP contribution in [0.5, 0.6) is 0 Å². The minimum absolute atomic E-state index is 0.0855. The van der Waals surface area contributed by atoms with Crippen LogP contribution in [-0.4, -0.2) is 88.8 Å². The number of carbonyl (C=O) groups excluding carboxylic acids is 5. The van der Waals surface area contributed by atoms with E-state index in [9.17, 15) is 33.9 Å². The van der Waals surface area contributed by atoms with E-state index < -0.39 is 53.3 Å². The van der Waals surface area contributed by atoms with Crippen LogP contribution in [0.4, 0.5) is 4.79 Å². The molecular formula is C36H59N5O7. The van der Waals surface area contributed by atoms with Crippen LogP contribution in [0.2, 0.25) is 0 Å². The molecule has 12 heteroatoms. The number of nitrogens with zero attached hydrogens (tertiary/aromatic N) is 2. The fourth-order valence-corrected chi connectivity index (χ4v) is 5.61. The van der Waals surface area contributed by atoms with Gasteiger partial charge in [-0.2, -0.15) is 0 Å². The zero-order valence-electron chi connectivity index (χ0n) is 30.3. The highest BCUT2D eigenvalue weighted by molar-refractivity contribution is 6.01. The summed E-state index contributed by atoms with van der Waals surface area (Å²) in [4.78, 5) is 78.6. The molecular weight excluding hydrogens is 614 g/mol. The van der Waals surface area contributed by atoms with Crippen LogP contribution in [0.3, 0.4) is 0 Å². The molecule has 48 heavy (non-hydrogen) atoms. The Labute approximate surface area is 286 Å². The second-order valence-electron chi connectivity index (χ2n) is 13.4. The molecule has 1 aliphatic rings. The largest absolute Gasteiger partial charge is 0.480 e. The maximum absolute atomic E-state index is 13.2. The Morgan fingerprint density at radius 2 is 1.69 bits per heavy atom. The van der Waals surface area contributed by atoms with Gasteiger partial charge in [0, 0.05) is 18.7 Å². The van der Waals surface area contributed by atoms with E-state index in [4.69, 9.17) is 0 Å². The van der Waals surface area contributed by atoms with Crippen LogP contribution in [-0.2, 0) is 19.2 Å². The van der Waals surface area contributed by atoms with Gasteiger partial charge in [0.2, 0.25) is 18.2 Å². The number of hydrogen-bond donors (Lipinski definition) is 4. The number of carboxylic acid groups (broad SMARTS) is 1. The Morgan fingerprint density at radius 3 is 2.27 bits per heavy atom. The molecule has 6 amide bonds. The van der Waals surface area contributed by atoms with Crippen LogP contribution in [0, 0.1) is 18.3 Å². The van der Waals surface area contributed by atoms with Crippen molar-refractivity contribution in [3.05, 3.63) is 35.4 Å².